The Balaban J connectivity index is 0.00000151. The van der Waals surface area contributed by atoms with Gasteiger partial charge in [0.1, 0.15) is 5.76 Å². The molecule has 0 aromatic rings. The molecule has 2 rings (SSSR count). The minimum absolute atomic E-state index is 0.0249. The quantitative estimate of drug-likeness (QED) is 0.321. The average molecular weight is 445 g/mol. The highest BCUT2D eigenvalue weighted by atomic mass is 19.2. The maximum absolute atomic E-state index is 14.3. The fourth-order valence-electron chi connectivity index (χ4n) is 4.08. The third-order valence-electron chi connectivity index (χ3n) is 6.14. The fraction of sp³-hybridized carbons (Fsp3) is 0.846. The Kier molecular flexibility index (Phi) is 14.3. The lowest BCUT2D eigenvalue weighted by Crippen LogP contribution is -2.29. The topological polar surface area (TPSA) is 27.7 Å². The summed E-state index contributed by atoms with van der Waals surface area (Å²) < 4.78 is 45.0. The van der Waals surface area contributed by atoms with E-state index in [4.69, 9.17) is 14.2 Å². The van der Waals surface area contributed by atoms with Crippen molar-refractivity contribution in [1.82, 2.24) is 0 Å². The average Bonchev–Trinajstić information content (AvgIpc) is 2.77. The predicted octanol–water partition coefficient (Wildman–Crippen LogP) is 8.26. The van der Waals surface area contributed by atoms with Crippen LogP contribution in [0.25, 0.3) is 0 Å². The molecule has 0 amide bonds. The molecule has 1 fully saturated rings. The van der Waals surface area contributed by atoms with Gasteiger partial charge >= 0.3 is 0 Å². The molecule has 0 radical (unpaired) electrons. The van der Waals surface area contributed by atoms with Crippen LogP contribution in [0.1, 0.15) is 98.8 Å². The normalized spacial score (nSPS) is 23.9. The maximum Gasteiger partial charge on any atom is 0.196 e. The molecule has 31 heavy (non-hydrogen) atoms. The zero-order valence-electron chi connectivity index (χ0n) is 20.8. The van der Waals surface area contributed by atoms with Gasteiger partial charge in [-0.3, -0.25) is 0 Å². The van der Waals surface area contributed by atoms with E-state index in [1.165, 1.54) is 39.2 Å². The standard InChI is InChI=1S/C23H38F2O3.C3H8/c1-5-6-7-18-10-13-21(28-15-18)27-14-16(2)8-9-17(3)19-11-12-20(26-4)23(25)22(19)24;1-3-2/h16-18,21H,5-15H2,1-4H3;3H2,1-2H3. The van der Waals surface area contributed by atoms with E-state index in [9.17, 15) is 8.78 Å². The number of methoxy groups -OCH3 is 1. The van der Waals surface area contributed by atoms with Crippen molar-refractivity contribution in [2.45, 2.75) is 105 Å². The first kappa shape index (κ1) is 28.1. The lowest BCUT2D eigenvalue weighted by Gasteiger charge is -2.30. The molecule has 4 atom stereocenters. The van der Waals surface area contributed by atoms with Gasteiger partial charge in [0, 0.05) is 6.42 Å². The first-order chi connectivity index (χ1) is 14.9. The molecule has 0 aromatic carbocycles. The lowest BCUT2D eigenvalue weighted by molar-refractivity contribution is -0.181. The molecule has 5 heteroatoms. The van der Waals surface area contributed by atoms with Crippen molar-refractivity contribution in [1.29, 1.82) is 0 Å². The molecule has 1 heterocycles. The van der Waals surface area contributed by atoms with Crippen LogP contribution in [0.3, 0.4) is 0 Å². The van der Waals surface area contributed by atoms with Gasteiger partial charge < -0.3 is 14.2 Å². The van der Waals surface area contributed by atoms with Crippen LogP contribution >= 0.6 is 0 Å². The maximum atomic E-state index is 14.3. The van der Waals surface area contributed by atoms with E-state index >= 15 is 0 Å². The smallest absolute Gasteiger partial charge is 0.196 e. The summed E-state index contributed by atoms with van der Waals surface area (Å²) in [7, 11) is 1.39. The molecular weight excluding hydrogens is 398 g/mol. The predicted molar refractivity (Wildman–Crippen MR) is 124 cm³/mol. The number of ether oxygens (including phenoxy) is 3. The van der Waals surface area contributed by atoms with Gasteiger partial charge in [-0.2, -0.15) is 0 Å². The number of hydrogen-bond acceptors (Lipinski definition) is 3. The molecule has 182 valence electrons. The first-order valence-electron chi connectivity index (χ1n) is 12.4. The van der Waals surface area contributed by atoms with Gasteiger partial charge in [-0.15, -0.1) is 0 Å². The summed E-state index contributed by atoms with van der Waals surface area (Å²) in [5.74, 6) is -0.334. The van der Waals surface area contributed by atoms with Crippen molar-refractivity contribution in [3.63, 3.8) is 0 Å². The van der Waals surface area contributed by atoms with Crippen molar-refractivity contribution in [2.75, 3.05) is 20.3 Å². The summed E-state index contributed by atoms with van der Waals surface area (Å²) in [5.41, 5.74) is 0.583. The lowest BCUT2D eigenvalue weighted by atomic mass is 9.87. The van der Waals surface area contributed by atoms with Crippen LogP contribution in [0, 0.1) is 17.8 Å². The zero-order chi connectivity index (χ0) is 23.2. The summed E-state index contributed by atoms with van der Waals surface area (Å²) in [4.78, 5) is 0. The van der Waals surface area contributed by atoms with E-state index in [-0.39, 0.29) is 18.0 Å². The van der Waals surface area contributed by atoms with Gasteiger partial charge in [0.15, 0.2) is 17.9 Å². The summed E-state index contributed by atoms with van der Waals surface area (Å²) >= 11 is 0. The molecule has 4 unspecified atom stereocenters. The summed E-state index contributed by atoms with van der Waals surface area (Å²) in [5, 5.41) is 0. The fourth-order valence-corrected chi connectivity index (χ4v) is 4.08. The minimum Gasteiger partial charge on any atom is -0.498 e. The molecule has 1 aliphatic carbocycles. The van der Waals surface area contributed by atoms with Gasteiger partial charge in [-0.05, 0) is 61.9 Å². The SMILES string of the molecule is CCC.CCCCC1CCC(OCC(C)CCC(C)C2=C(F)C(F)=C(OC)CC2)OC1. The Morgan fingerprint density at radius 3 is 2.32 bits per heavy atom. The van der Waals surface area contributed by atoms with Crippen LogP contribution in [-0.4, -0.2) is 26.6 Å². The Labute approximate surface area is 189 Å². The summed E-state index contributed by atoms with van der Waals surface area (Å²) in [6.45, 7) is 12.1. The molecule has 0 bridgehead atoms. The second kappa shape index (κ2) is 15.8. The molecule has 1 aliphatic heterocycles. The molecule has 2 aliphatic rings. The van der Waals surface area contributed by atoms with E-state index in [0.717, 1.165) is 25.9 Å². The minimum atomic E-state index is -0.821. The van der Waals surface area contributed by atoms with Crippen molar-refractivity contribution in [2.24, 2.45) is 17.8 Å². The van der Waals surface area contributed by atoms with Crippen LogP contribution in [0.5, 0.6) is 0 Å². The number of allylic oxidation sites excluding steroid dienone is 4. The highest BCUT2D eigenvalue weighted by Crippen LogP contribution is 2.37. The van der Waals surface area contributed by atoms with Crippen LogP contribution < -0.4 is 0 Å². The van der Waals surface area contributed by atoms with Gasteiger partial charge in [-0.1, -0.05) is 53.9 Å². The van der Waals surface area contributed by atoms with E-state index in [0.29, 0.717) is 36.9 Å². The molecule has 3 nitrogen and oxygen atoms in total. The molecule has 0 aromatic heterocycles. The van der Waals surface area contributed by atoms with Gasteiger partial charge in [-0.25, -0.2) is 8.78 Å². The highest BCUT2D eigenvalue weighted by Gasteiger charge is 2.27. The Morgan fingerprint density at radius 1 is 1.03 bits per heavy atom. The van der Waals surface area contributed by atoms with Crippen LogP contribution in [0.15, 0.2) is 23.0 Å². The van der Waals surface area contributed by atoms with Crippen molar-refractivity contribution >= 4 is 0 Å². The Morgan fingerprint density at radius 2 is 1.74 bits per heavy atom. The number of hydrogen-bond donors (Lipinski definition) is 0. The second-order valence-corrected chi connectivity index (χ2v) is 9.25. The van der Waals surface area contributed by atoms with Crippen LogP contribution in [0.2, 0.25) is 0 Å². The van der Waals surface area contributed by atoms with Crippen LogP contribution in [0.4, 0.5) is 8.78 Å². The van der Waals surface area contributed by atoms with E-state index in [2.05, 4.69) is 27.7 Å². The van der Waals surface area contributed by atoms with Crippen LogP contribution in [-0.2, 0) is 14.2 Å². The summed E-state index contributed by atoms with van der Waals surface area (Å²) in [6, 6.07) is 0. The Hall–Kier alpha value is -0.940. The highest BCUT2D eigenvalue weighted by molar-refractivity contribution is 5.33. The Bertz CT molecular complexity index is 551. The van der Waals surface area contributed by atoms with Crippen molar-refractivity contribution < 1.29 is 23.0 Å². The molecular formula is C26H46F2O3. The van der Waals surface area contributed by atoms with Crippen molar-refractivity contribution in [3.8, 4) is 0 Å². The van der Waals surface area contributed by atoms with Gasteiger partial charge in [0.25, 0.3) is 0 Å². The first-order valence-corrected chi connectivity index (χ1v) is 12.4. The molecule has 1 saturated heterocycles. The molecule has 0 N–H and O–H groups in total. The number of rotatable bonds is 11. The third-order valence-corrected chi connectivity index (χ3v) is 6.14. The molecule has 0 spiro atoms. The second-order valence-electron chi connectivity index (χ2n) is 9.25. The zero-order valence-corrected chi connectivity index (χ0v) is 20.8. The summed E-state index contributed by atoms with van der Waals surface area (Å²) in [6.07, 6.45) is 9.82. The van der Waals surface area contributed by atoms with Gasteiger partial charge in [0.2, 0.25) is 0 Å². The number of halogens is 2. The van der Waals surface area contributed by atoms with Gasteiger partial charge in [0.05, 0.1) is 20.3 Å². The number of unbranched alkanes of at least 4 members (excludes halogenated alkanes) is 1. The monoisotopic (exact) mass is 444 g/mol. The van der Waals surface area contributed by atoms with E-state index in [1.54, 1.807) is 0 Å². The largest absolute Gasteiger partial charge is 0.498 e. The third kappa shape index (κ3) is 10.0. The molecule has 0 saturated carbocycles. The van der Waals surface area contributed by atoms with E-state index < -0.39 is 11.7 Å². The van der Waals surface area contributed by atoms with Crippen molar-refractivity contribution in [3.05, 3.63) is 23.0 Å². The van der Waals surface area contributed by atoms with E-state index in [1.807, 2.05) is 6.92 Å².